The van der Waals surface area contributed by atoms with E-state index >= 15 is 0 Å². The molecule has 0 unspecified atom stereocenters. The number of carbonyl (C=O) groups is 8. The Balaban J connectivity index is 0.000000120. The van der Waals surface area contributed by atoms with E-state index in [1.165, 1.54) is 24.3 Å². The number of phenols is 2. The Kier molecular flexibility index (Phi) is 12.8. The monoisotopic (exact) mass is 962 g/mol. The molecule has 4 aliphatic carbocycles. The molecule has 0 bridgehead atoms. The van der Waals surface area contributed by atoms with Crippen LogP contribution in [0.5, 0.6) is 11.5 Å². The van der Waals surface area contributed by atoms with E-state index in [0.717, 1.165) is 23.1 Å². The van der Waals surface area contributed by atoms with E-state index in [4.69, 9.17) is 0 Å². The summed E-state index contributed by atoms with van der Waals surface area (Å²) in [6.45, 7) is 10.2. The van der Waals surface area contributed by atoms with E-state index in [-0.39, 0.29) is 73.9 Å². The van der Waals surface area contributed by atoms with E-state index in [1.54, 1.807) is 109 Å². The summed E-state index contributed by atoms with van der Waals surface area (Å²) in [5.74, 6) is -1.82. The van der Waals surface area contributed by atoms with Crippen molar-refractivity contribution in [2.24, 2.45) is 0 Å². The number of aryl methyl sites for hydroxylation is 2. The molecule has 0 amide bonds. The Morgan fingerprint density at radius 3 is 0.973 bits per heavy atom. The van der Waals surface area contributed by atoms with Gasteiger partial charge in [-0.3, -0.25) is 38.4 Å². The van der Waals surface area contributed by atoms with Crippen LogP contribution in [-0.2, 0) is 11.8 Å². The van der Waals surface area contributed by atoms with Crippen molar-refractivity contribution in [1.29, 1.82) is 0 Å². The van der Waals surface area contributed by atoms with Crippen molar-refractivity contribution in [3.63, 3.8) is 0 Å². The number of ketones is 8. The van der Waals surface area contributed by atoms with Crippen molar-refractivity contribution in [2.75, 3.05) is 0 Å². The van der Waals surface area contributed by atoms with E-state index < -0.39 is 11.6 Å². The van der Waals surface area contributed by atoms with Crippen molar-refractivity contribution in [1.82, 2.24) is 0 Å². The number of carbonyl (C=O) groups excluding carboxylic acids is 8. The van der Waals surface area contributed by atoms with Crippen molar-refractivity contribution in [2.45, 2.75) is 46.5 Å². The maximum absolute atomic E-state index is 12.6. The molecule has 0 radical (unpaired) electrons. The first kappa shape index (κ1) is 48.7. The van der Waals surface area contributed by atoms with E-state index in [0.29, 0.717) is 66.8 Å². The van der Waals surface area contributed by atoms with E-state index in [9.17, 15) is 48.6 Å². The highest BCUT2D eigenvalue weighted by Gasteiger charge is 2.35. The third kappa shape index (κ3) is 8.73. The van der Waals surface area contributed by atoms with Gasteiger partial charge in [0.25, 0.3) is 0 Å². The first-order valence-electron chi connectivity index (χ1n) is 23.6. The molecule has 0 spiro atoms. The lowest BCUT2D eigenvalue weighted by molar-refractivity contribution is 0.0974. The molecule has 10 nitrogen and oxygen atoms in total. The fourth-order valence-electron chi connectivity index (χ4n) is 9.33. The van der Waals surface area contributed by atoms with Crippen LogP contribution in [-0.4, -0.2) is 56.5 Å². The fraction of sp³-hybridized carbons (Fsp3) is 0.111. The van der Waals surface area contributed by atoms with Crippen LogP contribution in [0.4, 0.5) is 0 Å². The van der Waals surface area contributed by atoms with Gasteiger partial charge in [-0.15, -0.1) is 0 Å². The number of hydrogen-bond donors (Lipinski definition) is 2. The van der Waals surface area contributed by atoms with Gasteiger partial charge in [0.1, 0.15) is 11.5 Å². The molecule has 12 rings (SSSR count). The summed E-state index contributed by atoms with van der Waals surface area (Å²) < 4.78 is 0. The van der Waals surface area contributed by atoms with Crippen LogP contribution in [0.2, 0.25) is 0 Å². The van der Waals surface area contributed by atoms with Gasteiger partial charge in [0.15, 0.2) is 46.3 Å². The maximum Gasteiger partial charge on any atom is 0.198 e. The molecule has 8 aromatic carbocycles. The normalized spacial score (nSPS) is 13.4. The standard InChI is InChI=1S/C18H16O2.C16H12O2.C15H10O2.C14H8O4/c1-18(2,3)11-8-9-14-15(10-11)17(20)13-7-5-4-6-12(13)16(14)19;1-2-10-7-8-13-14(9-10)16(18)12-6-4-3-5-11(12)15(13)17;1-9-6-7-12-13(8-9)15(17)11-5-3-2-4-10(11)14(12)16;15-9-5-6-10(16)12-11(9)13(17)7-3-1-2-4-8(7)14(12)18/h4-10H,1-3H3;3-9H,2H2,1H3;2-8H,1H3;1-6,15-16H. The Labute approximate surface area is 420 Å². The molecule has 0 atom stereocenters. The fourth-order valence-corrected chi connectivity index (χ4v) is 9.33. The summed E-state index contributed by atoms with van der Waals surface area (Å²) >= 11 is 0. The van der Waals surface area contributed by atoms with Gasteiger partial charge in [-0.1, -0.05) is 161 Å². The second-order valence-electron chi connectivity index (χ2n) is 19.0. The van der Waals surface area contributed by atoms with Gasteiger partial charge in [0, 0.05) is 77.9 Å². The van der Waals surface area contributed by atoms with Gasteiger partial charge in [-0.2, -0.15) is 0 Å². The average molecular weight is 963 g/mol. The summed E-state index contributed by atoms with van der Waals surface area (Å²) in [6.07, 6.45) is 0.858. The van der Waals surface area contributed by atoms with Crippen LogP contribution in [0.15, 0.2) is 164 Å². The molecule has 0 aliphatic heterocycles. The Morgan fingerprint density at radius 2 is 0.616 bits per heavy atom. The minimum atomic E-state index is -0.450. The lowest BCUT2D eigenvalue weighted by Gasteiger charge is -2.23. The summed E-state index contributed by atoms with van der Waals surface area (Å²) in [4.78, 5) is 98.6. The highest BCUT2D eigenvalue weighted by atomic mass is 16.3. The third-order valence-corrected chi connectivity index (χ3v) is 13.3. The van der Waals surface area contributed by atoms with Crippen LogP contribution in [0.3, 0.4) is 0 Å². The van der Waals surface area contributed by atoms with Crippen LogP contribution < -0.4 is 0 Å². The van der Waals surface area contributed by atoms with Crippen molar-refractivity contribution >= 4 is 46.3 Å². The zero-order valence-corrected chi connectivity index (χ0v) is 40.5. The molecule has 358 valence electrons. The quantitative estimate of drug-likeness (QED) is 0.151. The number of rotatable bonds is 1. The smallest absolute Gasteiger partial charge is 0.198 e. The second kappa shape index (κ2) is 19.1. The number of benzene rings is 8. The van der Waals surface area contributed by atoms with Crippen LogP contribution in [0.1, 0.15) is 172 Å². The molecule has 10 heteroatoms. The number of aromatic hydroxyl groups is 2. The zero-order valence-electron chi connectivity index (χ0n) is 40.5. The lowest BCUT2D eigenvalue weighted by Crippen LogP contribution is -2.22. The molecule has 0 saturated carbocycles. The molecule has 0 aromatic heterocycles. The largest absolute Gasteiger partial charge is 0.507 e. The zero-order chi connectivity index (χ0) is 52.0. The molecule has 0 fully saturated rings. The summed E-state index contributed by atoms with van der Waals surface area (Å²) in [5.41, 5.74) is 9.54. The third-order valence-electron chi connectivity index (χ3n) is 13.3. The lowest BCUT2D eigenvalue weighted by atomic mass is 9.79. The van der Waals surface area contributed by atoms with Crippen LogP contribution >= 0.6 is 0 Å². The molecular weight excluding hydrogens is 917 g/mol. The van der Waals surface area contributed by atoms with Crippen molar-refractivity contribution < 1.29 is 48.6 Å². The highest BCUT2D eigenvalue weighted by molar-refractivity contribution is 6.31. The molecular formula is C63H46O10. The minimum absolute atomic E-state index is 0.0458. The van der Waals surface area contributed by atoms with Gasteiger partial charge in [-0.25, -0.2) is 0 Å². The highest BCUT2D eigenvalue weighted by Crippen LogP contribution is 2.38. The first-order chi connectivity index (χ1) is 34.9. The van der Waals surface area contributed by atoms with Crippen LogP contribution in [0, 0.1) is 6.92 Å². The molecule has 8 aromatic rings. The molecule has 73 heavy (non-hydrogen) atoms. The minimum Gasteiger partial charge on any atom is -0.507 e. The predicted molar refractivity (Wildman–Crippen MR) is 275 cm³/mol. The van der Waals surface area contributed by atoms with Gasteiger partial charge in [0.05, 0.1) is 11.1 Å². The summed E-state index contributed by atoms with van der Waals surface area (Å²) in [5, 5.41) is 19.4. The second-order valence-corrected chi connectivity index (χ2v) is 19.0. The van der Waals surface area contributed by atoms with Gasteiger partial charge >= 0.3 is 0 Å². The van der Waals surface area contributed by atoms with Crippen molar-refractivity contribution in [3.8, 4) is 11.5 Å². The first-order valence-corrected chi connectivity index (χ1v) is 23.6. The molecule has 2 N–H and O–H groups in total. The Bertz CT molecular complexity index is 3670. The predicted octanol–water partition coefficient (Wildman–Crippen LogP) is 11.4. The van der Waals surface area contributed by atoms with Crippen LogP contribution in [0.25, 0.3) is 0 Å². The Morgan fingerprint density at radius 1 is 0.329 bits per heavy atom. The summed E-state index contributed by atoms with van der Waals surface area (Å²) in [6, 6.07) is 46.3. The maximum atomic E-state index is 12.6. The van der Waals surface area contributed by atoms with E-state index in [1.807, 2.05) is 44.2 Å². The number of hydrogen-bond acceptors (Lipinski definition) is 10. The average Bonchev–Trinajstić information content (AvgIpc) is 3.41. The molecule has 0 heterocycles. The molecule has 4 aliphatic rings. The van der Waals surface area contributed by atoms with Gasteiger partial charge in [-0.05, 0) is 66.3 Å². The number of fused-ring (bicyclic) bond motifs is 8. The number of phenolic OH excluding ortho intramolecular Hbond substituents is 2. The Hall–Kier alpha value is -9.28. The summed E-state index contributed by atoms with van der Waals surface area (Å²) in [7, 11) is 0. The van der Waals surface area contributed by atoms with Gasteiger partial charge in [0.2, 0.25) is 0 Å². The van der Waals surface area contributed by atoms with Gasteiger partial charge < -0.3 is 10.2 Å². The van der Waals surface area contributed by atoms with Crippen molar-refractivity contribution in [3.05, 3.63) is 269 Å². The van der Waals surface area contributed by atoms with E-state index in [2.05, 4.69) is 20.8 Å². The molecule has 0 saturated heterocycles. The SMILES string of the molecule is CC(C)(C)c1ccc2c(c1)C(=O)c1ccccc1C2=O.CCc1ccc2c(c1)C(=O)c1ccccc1C2=O.Cc1ccc2c(c1)C(=O)c1ccccc1C2=O.O=C1c2ccccc2C(=O)c2c(O)ccc(O)c21. The topological polar surface area (TPSA) is 177 Å².